The highest BCUT2D eigenvalue weighted by atomic mass is 32.2. The van der Waals surface area contributed by atoms with Crippen LogP contribution in [0.5, 0.6) is 0 Å². The number of rotatable bonds is 6. The van der Waals surface area contributed by atoms with E-state index in [9.17, 15) is 9.59 Å². The van der Waals surface area contributed by atoms with Gasteiger partial charge in [0.25, 0.3) is 0 Å². The van der Waals surface area contributed by atoms with Crippen molar-refractivity contribution in [3.63, 3.8) is 0 Å². The number of para-hydroxylation sites is 1. The molecule has 0 saturated heterocycles. The third-order valence-corrected chi connectivity index (χ3v) is 3.23. The SMILES string of the molecule is N#Cc1ccccc1NC(=O)CSCC(N)C(=O)O. The average molecular weight is 279 g/mol. The summed E-state index contributed by atoms with van der Waals surface area (Å²) in [6.07, 6.45) is 0. The number of hydrogen-bond acceptors (Lipinski definition) is 5. The number of carbonyl (C=O) groups excluding carboxylic acids is 1. The topological polar surface area (TPSA) is 116 Å². The van der Waals surface area contributed by atoms with Crippen LogP contribution in [0, 0.1) is 11.3 Å². The van der Waals surface area contributed by atoms with Crippen molar-refractivity contribution < 1.29 is 14.7 Å². The standard InChI is InChI=1S/C12H13N3O3S/c13-5-8-3-1-2-4-10(8)15-11(16)7-19-6-9(14)12(17)18/h1-4,9H,6-7,14H2,(H,15,16)(H,17,18). The van der Waals surface area contributed by atoms with E-state index in [1.807, 2.05) is 6.07 Å². The summed E-state index contributed by atoms with van der Waals surface area (Å²) in [7, 11) is 0. The van der Waals surface area contributed by atoms with Crippen molar-refractivity contribution in [3.05, 3.63) is 29.8 Å². The first kappa shape index (κ1) is 15.0. The molecule has 0 fully saturated rings. The number of hydrogen-bond donors (Lipinski definition) is 3. The van der Waals surface area contributed by atoms with Gasteiger partial charge in [-0.1, -0.05) is 12.1 Å². The zero-order valence-electron chi connectivity index (χ0n) is 10.00. The van der Waals surface area contributed by atoms with Gasteiger partial charge < -0.3 is 16.2 Å². The first-order chi connectivity index (χ1) is 9.04. The van der Waals surface area contributed by atoms with E-state index in [1.54, 1.807) is 24.3 Å². The molecule has 1 rings (SSSR count). The Hall–Kier alpha value is -2.04. The van der Waals surface area contributed by atoms with Gasteiger partial charge in [-0.15, -0.1) is 11.8 Å². The molecular formula is C12H13N3O3S. The maximum Gasteiger partial charge on any atom is 0.321 e. The molecule has 1 atom stereocenters. The number of amides is 1. The van der Waals surface area contributed by atoms with E-state index in [0.717, 1.165) is 11.8 Å². The van der Waals surface area contributed by atoms with Crippen LogP contribution in [0.1, 0.15) is 5.56 Å². The van der Waals surface area contributed by atoms with Crippen molar-refractivity contribution in [2.45, 2.75) is 6.04 Å². The van der Waals surface area contributed by atoms with Crippen molar-refractivity contribution in [2.24, 2.45) is 5.73 Å². The van der Waals surface area contributed by atoms with Crippen molar-refractivity contribution >= 4 is 29.3 Å². The number of carboxylic acid groups (broad SMARTS) is 1. The monoisotopic (exact) mass is 279 g/mol. The first-order valence-electron chi connectivity index (χ1n) is 5.39. The fourth-order valence-corrected chi connectivity index (χ4v) is 2.00. The van der Waals surface area contributed by atoms with Crippen molar-refractivity contribution in [3.8, 4) is 6.07 Å². The van der Waals surface area contributed by atoms with Crippen LogP contribution in [-0.2, 0) is 9.59 Å². The number of thioether (sulfide) groups is 1. The van der Waals surface area contributed by atoms with Gasteiger partial charge in [-0.2, -0.15) is 5.26 Å². The summed E-state index contributed by atoms with van der Waals surface area (Å²) in [5, 5.41) is 20.0. The molecule has 1 unspecified atom stereocenters. The van der Waals surface area contributed by atoms with E-state index in [0.29, 0.717) is 11.3 Å². The minimum absolute atomic E-state index is 0.0841. The van der Waals surface area contributed by atoms with E-state index >= 15 is 0 Å². The number of nitrogens with one attached hydrogen (secondary N) is 1. The lowest BCUT2D eigenvalue weighted by molar-refractivity contribution is -0.137. The molecule has 0 bridgehead atoms. The van der Waals surface area contributed by atoms with Gasteiger partial charge in [-0.25, -0.2) is 0 Å². The molecule has 19 heavy (non-hydrogen) atoms. The van der Waals surface area contributed by atoms with Gasteiger partial charge in [-0.05, 0) is 12.1 Å². The smallest absolute Gasteiger partial charge is 0.321 e. The molecule has 0 radical (unpaired) electrons. The molecule has 0 aromatic heterocycles. The fraction of sp³-hybridized carbons (Fsp3) is 0.250. The number of aliphatic carboxylic acids is 1. The number of nitrogens with zero attached hydrogens (tertiary/aromatic N) is 1. The molecule has 1 amide bonds. The minimum Gasteiger partial charge on any atom is -0.480 e. The molecule has 7 heteroatoms. The minimum atomic E-state index is -1.09. The summed E-state index contributed by atoms with van der Waals surface area (Å²) >= 11 is 1.13. The molecular weight excluding hydrogens is 266 g/mol. The van der Waals surface area contributed by atoms with Gasteiger partial charge in [0.15, 0.2) is 0 Å². The predicted octanol–water partition coefficient (Wildman–Crippen LogP) is 0.642. The highest BCUT2D eigenvalue weighted by Gasteiger charge is 2.12. The third kappa shape index (κ3) is 4.99. The Morgan fingerprint density at radius 3 is 2.79 bits per heavy atom. The van der Waals surface area contributed by atoms with Crippen molar-refractivity contribution in [2.75, 3.05) is 16.8 Å². The molecule has 1 aromatic rings. The van der Waals surface area contributed by atoms with Crippen LogP contribution in [0.3, 0.4) is 0 Å². The van der Waals surface area contributed by atoms with Crippen LogP contribution in [-0.4, -0.2) is 34.5 Å². The van der Waals surface area contributed by atoms with Gasteiger partial charge in [0, 0.05) is 5.75 Å². The second kappa shape index (κ2) is 7.41. The Morgan fingerprint density at radius 2 is 2.16 bits per heavy atom. The van der Waals surface area contributed by atoms with E-state index in [4.69, 9.17) is 16.1 Å². The molecule has 100 valence electrons. The summed E-state index contributed by atoms with van der Waals surface area (Å²) in [4.78, 5) is 22.1. The van der Waals surface area contributed by atoms with E-state index in [1.165, 1.54) is 0 Å². The molecule has 0 saturated carbocycles. The predicted molar refractivity (Wildman–Crippen MR) is 72.7 cm³/mol. The zero-order valence-corrected chi connectivity index (χ0v) is 10.8. The molecule has 1 aromatic carbocycles. The lowest BCUT2D eigenvalue weighted by atomic mass is 10.2. The summed E-state index contributed by atoms with van der Waals surface area (Å²) in [5.41, 5.74) is 6.13. The molecule has 0 spiro atoms. The van der Waals surface area contributed by atoms with Crippen LogP contribution in [0.2, 0.25) is 0 Å². The van der Waals surface area contributed by atoms with Crippen LogP contribution in [0.4, 0.5) is 5.69 Å². The number of carbonyl (C=O) groups is 2. The fourth-order valence-electron chi connectivity index (χ4n) is 1.23. The lowest BCUT2D eigenvalue weighted by Gasteiger charge is -2.08. The van der Waals surface area contributed by atoms with E-state index in [2.05, 4.69) is 5.32 Å². The van der Waals surface area contributed by atoms with Gasteiger partial charge in [0.1, 0.15) is 12.1 Å². The first-order valence-corrected chi connectivity index (χ1v) is 6.55. The summed E-state index contributed by atoms with van der Waals surface area (Å²) in [6.45, 7) is 0. The lowest BCUT2D eigenvalue weighted by Crippen LogP contribution is -2.33. The largest absolute Gasteiger partial charge is 0.480 e. The van der Waals surface area contributed by atoms with Crippen LogP contribution >= 0.6 is 11.8 Å². The van der Waals surface area contributed by atoms with Crippen LogP contribution < -0.4 is 11.1 Å². The molecule has 0 heterocycles. The molecule has 4 N–H and O–H groups in total. The van der Waals surface area contributed by atoms with Crippen LogP contribution in [0.15, 0.2) is 24.3 Å². The number of benzene rings is 1. The summed E-state index contributed by atoms with van der Waals surface area (Å²) in [6, 6.07) is 7.63. The quantitative estimate of drug-likeness (QED) is 0.703. The Kier molecular flexibility index (Phi) is 5.85. The van der Waals surface area contributed by atoms with Crippen molar-refractivity contribution in [1.29, 1.82) is 5.26 Å². The van der Waals surface area contributed by atoms with E-state index in [-0.39, 0.29) is 17.4 Å². The van der Waals surface area contributed by atoms with Gasteiger partial charge >= 0.3 is 5.97 Å². The molecule has 0 aliphatic rings. The number of nitrogens with two attached hydrogens (primary N) is 1. The maximum atomic E-state index is 11.6. The number of anilines is 1. The Balaban J connectivity index is 2.44. The Morgan fingerprint density at radius 1 is 1.47 bits per heavy atom. The average Bonchev–Trinajstić information content (AvgIpc) is 2.39. The second-order valence-electron chi connectivity index (χ2n) is 3.67. The number of carboxylic acids is 1. The second-order valence-corrected chi connectivity index (χ2v) is 4.70. The Labute approximate surface area is 114 Å². The Bertz CT molecular complexity index is 513. The highest BCUT2D eigenvalue weighted by molar-refractivity contribution is 8.00. The molecule has 0 aliphatic carbocycles. The molecule has 6 nitrogen and oxygen atoms in total. The zero-order chi connectivity index (χ0) is 14.3. The highest BCUT2D eigenvalue weighted by Crippen LogP contribution is 2.14. The third-order valence-electron chi connectivity index (χ3n) is 2.17. The number of nitriles is 1. The van der Waals surface area contributed by atoms with Gasteiger partial charge in [-0.3, -0.25) is 9.59 Å². The maximum absolute atomic E-state index is 11.6. The molecule has 0 aliphatic heterocycles. The van der Waals surface area contributed by atoms with Gasteiger partial charge in [0.05, 0.1) is 17.0 Å². The summed E-state index contributed by atoms with van der Waals surface area (Å²) < 4.78 is 0. The van der Waals surface area contributed by atoms with Crippen LogP contribution in [0.25, 0.3) is 0 Å². The van der Waals surface area contributed by atoms with Gasteiger partial charge in [0.2, 0.25) is 5.91 Å². The van der Waals surface area contributed by atoms with Crippen molar-refractivity contribution in [1.82, 2.24) is 0 Å². The summed E-state index contributed by atoms with van der Waals surface area (Å²) in [5.74, 6) is -1.16. The normalized spacial score (nSPS) is 11.4. The van der Waals surface area contributed by atoms with E-state index < -0.39 is 12.0 Å².